The first-order valence-electron chi connectivity index (χ1n) is 2.33. The average Bonchev–Trinajstić information content (AvgIpc) is 2.23. The Labute approximate surface area is 43.0 Å². The molecule has 1 rings (SSSR count). The number of nitrogens with one attached hydrogen (secondary N) is 2. The molecule has 0 aliphatic carbocycles. The van der Waals surface area contributed by atoms with Gasteiger partial charge in [-0.1, -0.05) is 0 Å². The molecular formula is C4H10N2O. The van der Waals surface area contributed by atoms with Crippen molar-refractivity contribution in [3.05, 3.63) is 0 Å². The van der Waals surface area contributed by atoms with Crippen LogP contribution in [0.4, 0.5) is 0 Å². The van der Waals surface area contributed by atoms with E-state index in [9.17, 15) is 0 Å². The lowest BCUT2D eigenvalue weighted by atomic mass is 10.4. The highest BCUT2D eigenvalue weighted by Gasteiger charge is 1.94. The normalized spacial score (nSPS) is 17.7. The second-order valence-corrected chi connectivity index (χ2v) is 1.32. The summed E-state index contributed by atoms with van der Waals surface area (Å²) in [5.74, 6) is 0. The molecule has 0 aromatic carbocycles. The predicted molar refractivity (Wildman–Crippen MR) is 25.5 cm³/mol. The summed E-state index contributed by atoms with van der Waals surface area (Å²) in [6.07, 6.45) is 2.56. The second-order valence-electron chi connectivity index (χ2n) is 1.32. The van der Waals surface area contributed by atoms with E-state index in [1.807, 2.05) is 0 Å². The molecule has 0 saturated carbocycles. The SMILES string of the molecule is C1CCOC1.N=N. The molecule has 3 heteroatoms. The number of hydrogen-bond donors (Lipinski definition) is 2. The molecule has 0 unspecified atom stereocenters. The Morgan fingerprint density at radius 2 is 1.43 bits per heavy atom. The molecule has 42 valence electrons. The van der Waals surface area contributed by atoms with Crippen LogP contribution < -0.4 is 0 Å². The first kappa shape index (κ1) is 6.56. The van der Waals surface area contributed by atoms with Crippen molar-refractivity contribution in [3.63, 3.8) is 0 Å². The molecule has 2 N–H and O–H groups in total. The third kappa shape index (κ3) is 3.39. The average molecular weight is 102 g/mol. The highest BCUT2D eigenvalue weighted by molar-refractivity contribution is 4.43. The minimum absolute atomic E-state index is 1.00. The smallest absolute Gasteiger partial charge is 0.0466 e. The molecule has 0 bridgehead atoms. The molecule has 1 heterocycles. The second kappa shape index (κ2) is 5.56. The molecule has 7 heavy (non-hydrogen) atoms. The largest absolute Gasteiger partial charge is 0.381 e. The minimum atomic E-state index is 1.00. The lowest BCUT2D eigenvalue weighted by Gasteiger charge is -1.76. The molecule has 1 aliphatic heterocycles. The number of rotatable bonds is 0. The van der Waals surface area contributed by atoms with Crippen molar-refractivity contribution in [1.29, 1.82) is 11.1 Å². The van der Waals surface area contributed by atoms with E-state index in [1.54, 1.807) is 0 Å². The monoisotopic (exact) mass is 102 g/mol. The zero-order chi connectivity index (χ0) is 5.54. The van der Waals surface area contributed by atoms with E-state index in [-0.39, 0.29) is 0 Å². The van der Waals surface area contributed by atoms with Crippen molar-refractivity contribution < 1.29 is 4.74 Å². The van der Waals surface area contributed by atoms with Gasteiger partial charge in [0, 0.05) is 13.2 Å². The Morgan fingerprint density at radius 1 is 1.00 bits per heavy atom. The fraction of sp³-hybridized carbons (Fsp3) is 1.00. The lowest BCUT2D eigenvalue weighted by molar-refractivity contribution is 0.198. The fourth-order valence-electron chi connectivity index (χ4n) is 0.510. The molecule has 0 aromatic rings. The zero-order valence-electron chi connectivity index (χ0n) is 4.24. The van der Waals surface area contributed by atoms with Crippen LogP contribution in [-0.2, 0) is 4.74 Å². The standard InChI is InChI=1S/C4H8O.H2N2/c1-2-4-5-3-1;1-2/h1-4H2;1-2H. The molecule has 0 radical (unpaired) electrons. The molecular weight excluding hydrogens is 92.1 g/mol. The van der Waals surface area contributed by atoms with E-state index in [2.05, 4.69) is 0 Å². The fourth-order valence-corrected chi connectivity index (χ4v) is 0.510. The van der Waals surface area contributed by atoms with Crippen molar-refractivity contribution in [2.45, 2.75) is 12.8 Å². The van der Waals surface area contributed by atoms with E-state index >= 15 is 0 Å². The van der Waals surface area contributed by atoms with Gasteiger partial charge in [0.15, 0.2) is 0 Å². The quantitative estimate of drug-likeness (QED) is 0.446. The Bertz CT molecular complexity index is 29.1. The van der Waals surface area contributed by atoms with Crippen molar-refractivity contribution in [2.75, 3.05) is 13.2 Å². The van der Waals surface area contributed by atoms with Crippen LogP contribution in [0.3, 0.4) is 0 Å². The first-order valence-corrected chi connectivity index (χ1v) is 2.33. The van der Waals surface area contributed by atoms with Gasteiger partial charge in [-0.2, -0.15) is 0 Å². The van der Waals surface area contributed by atoms with Crippen LogP contribution in [0.15, 0.2) is 0 Å². The van der Waals surface area contributed by atoms with Gasteiger partial charge in [0.1, 0.15) is 0 Å². The maximum atomic E-state index is 5.00. The number of ether oxygens (including phenoxy) is 1. The summed E-state index contributed by atoms with van der Waals surface area (Å²) < 4.78 is 4.94. The van der Waals surface area contributed by atoms with E-state index in [4.69, 9.17) is 15.8 Å². The Kier molecular flexibility index (Phi) is 5.21. The topological polar surface area (TPSA) is 56.9 Å². The zero-order valence-corrected chi connectivity index (χ0v) is 4.24. The Morgan fingerprint density at radius 3 is 1.57 bits per heavy atom. The highest BCUT2D eigenvalue weighted by Crippen LogP contribution is 1.98. The lowest BCUT2D eigenvalue weighted by Crippen LogP contribution is -1.74. The summed E-state index contributed by atoms with van der Waals surface area (Å²) in [4.78, 5) is 0. The molecule has 0 aromatic heterocycles. The summed E-state index contributed by atoms with van der Waals surface area (Å²) in [6.45, 7) is 2.00. The third-order valence-electron chi connectivity index (χ3n) is 0.827. The molecule has 1 aliphatic rings. The molecule has 1 fully saturated rings. The van der Waals surface area contributed by atoms with Gasteiger partial charge >= 0.3 is 0 Å². The van der Waals surface area contributed by atoms with E-state index in [0.717, 1.165) is 13.2 Å². The van der Waals surface area contributed by atoms with Crippen LogP contribution in [0.25, 0.3) is 0 Å². The van der Waals surface area contributed by atoms with Crippen molar-refractivity contribution in [2.24, 2.45) is 0 Å². The highest BCUT2D eigenvalue weighted by atomic mass is 16.5. The maximum absolute atomic E-state index is 5.00. The molecule has 0 spiro atoms. The molecule has 1 saturated heterocycles. The Hall–Kier alpha value is -0.440. The summed E-state index contributed by atoms with van der Waals surface area (Å²) in [7, 11) is 0. The summed E-state index contributed by atoms with van der Waals surface area (Å²) in [5.41, 5.74) is 10.0. The van der Waals surface area contributed by atoms with Crippen molar-refractivity contribution in [1.82, 2.24) is 0 Å². The summed E-state index contributed by atoms with van der Waals surface area (Å²) in [6, 6.07) is 0. The van der Waals surface area contributed by atoms with Crippen LogP contribution in [0.2, 0.25) is 0 Å². The van der Waals surface area contributed by atoms with Gasteiger partial charge in [0.25, 0.3) is 0 Å². The van der Waals surface area contributed by atoms with E-state index in [1.165, 1.54) is 12.8 Å². The predicted octanol–water partition coefficient (Wildman–Crippen LogP) is 1.39. The molecule has 3 nitrogen and oxygen atoms in total. The Balaban J connectivity index is 0.000000162. The summed E-state index contributed by atoms with van der Waals surface area (Å²) in [5, 5.41) is 0. The molecule has 0 amide bonds. The van der Waals surface area contributed by atoms with Crippen LogP contribution in [0.1, 0.15) is 12.8 Å². The van der Waals surface area contributed by atoms with E-state index in [0.29, 0.717) is 0 Å². The van der Waals surface area contributed by atoms with Gasteiger partial charge in [-0.15, -0.1) is 0 Å². The van der Waals surface area contributed by atoms with Crippen LogP contribution in [-0.4, -0.2) is 13.2 Å². The minimum Gasteiger partial charge on any atom is -0.381 e. The van der Waals surface area contributed by atoms with Crippen LogP contribution in [0.5, 0.6) is 0 Å². The van der Waals surface area contributed by atoms with Gasteiger partial charge in [-0.3, -0.25) is 0 Å². The van der Waals surface area contributed by atoms with Gasteiger partial charge < -0.3 is 4.74 Å². The van der Waals surface area contributed by atoms with E-state index < -0.39 is 0 Å². The third-order valence-corrected chi connectivity index (χ3v) is 0.827. The van der Waals surface area contributed by atoms with Crippen molar-refractivity contribution in [3.8, 4) is 0 Å². The van der Waals surface area contributed by atoms with Crippen molar-refractivity contribution >= 4 is 0 Å². The van der Waals surface area contributed by atoms with Gasteiger partial charge in [0.05, 0.1) is 0 Å². The number of hydrogen-bond acceptors (Lipinski definition) is 3. The van der Waals surface area contributed by atoms with Gasteiger partial charge in [0.2, 0.25) is 0 Å². The van der Waals surface area contributed by atoms with Crippen LogP contribution in [0, 0.1) is 11.1 Å². The van der Waals surface area contributed by atoms with Gasteiger partial charge in [-0.25, -0.2) is 11.1 Å². The summed E-state index contributed by atoms with van der Waals surface area (Å²) >= 11 is 0. The van der Waals surface area contributed by atoms with Gasteiger partial charge in [-0.05, 0) is 12.8 Å². The molecule has 0 atom stereocenters. The first-order chi connectivity index (χ1) is 3.50. The maximum Gasteiger partial charge on any atom is 0.0466 e. The van der Waals surface area contributed by atoms with Crippen LogP contribution >= 0.6 is 0 Å².